The van der Waals surface area contributed by atoms with Crippen LogP contribution in [0.4, 0.5) is 0 Å². The third kappa shape index (κ3) is 6.60. The van der Waals surface area contributed by atoms with E-state index in [1.165, 1.54) is 6.42 Å². The Balaban J connectivity index is 2.36. The summed E-state index contributed by atoms with van der Waals surface area (Å²) >= 11 is 5.81. The number of nitrogens with one attached hydrogen (secondary N) is 1. The van der Waals surface area contributed by atoms with Crippen LogP contribution in [0.25, 0.3) is 0 Å². The summed E-state index contributed by atoms with van der Waals surface area (Å²) in [5.41, 5.74) is 1.05. The molecule has 2 N–H and O–H groups in total. The normalized spacial score (nSPS) is 12.3. The molecule has 0 aliphatic rings. The van der Waals surface area contributed by atoms with Crippen LogP contribution in [-0.4, -0.2) is 17.1 Å². The van der Waals surface area contributed by atoms with Gasteiger partial charge in [0, 0.05) is 11.6 Å². The first-order valence-corrected chi connectivity index (χ1v) is 7.22. The molecule has 4 heteroatoms. The van der Waals surface area contributed by atoms with E-state index >= 15 is 0 Å². The maximum atomic E-state index is 11.2. The molecule has 0 aliphatic carbocycles. The molecular weight excluding hydrogens is 262 g/mol. The van der Waals surface area contributed by atoms with E-state index in [4.69, 9.17) is 16.7 Å². The van der Waals surface area contributed by atoms with E-state index in [1.54, 1.807) is 0 Å². The molecule has 0 amide bonds. The lowest BCUT2D eigenvalue weighted by Crippen LogP contribution is -2.36. The van der Waals surface area contributed by atoms with Crippen LogP contribution in [0.2, 0.25) is 5.02 Å². The number of halogens is 1. The molecule has 3 nitrogen and oxygen atoms in total. The van der Waals surface area contributed by atoms with E-state index in [0.29, 0.717) is 18.0 Å². The standard InChI is InChI=1S/C15H22ClNO2/c1-2-3-4-5-6-14(15(18)19)17-11-12-7-9-13(16)10-8-12/h7-10,14,17H,2-6,11H2,1H3,(H,18,19). The fourth-order valence-electron chi connectivity index (χ4n) is 1.93. The summed E-state index contributed by atoms with van der Waals surface area (Å²) in [6, 6.07) is 6.98. The Morgan fingerprint density at radius 2 is 1.95 bits per heavy atom. The first kappa shape index (κ1) is 16.0. The minimum absolute atomic E-state index is 0.465. The molecule has 0 spiro atoms. The highest BCUT2D eigenvalue weighted by atomic mass is 35.5. The van der Waals surface area contributed by atoms with Gasteiger partial charge in [-0.05, 0) is 24.1 Å². The summed E-state index contributed by atoms with van der Waals surface area (Å²) in [5.74, 6) is -0.773. The van der Waals surface area contributed by atoms with Crippen LogP contribution < -0.4 is 5.32 Å². The number of carboxylic acid groups (broad SMARTS) is 1. The molecule has 0 aliphatic heterocycles. The highest BCUT2D eigenvalue weighted by Gasteiger charge is 2.15. The van der Waals surface area contributed by atoms with Gasteiger partial charge >= 0.3 is 5.97 Å². The van der Waals surface area contributed by atoms with Crippen molar-refractivity contribution in [3.05, 3.63) is 34.9 Å². The first-order valence-electron chi connectivity index (χ1n) is 6.84. The molecule has 0 saturated carbocycles. The second-order valence-corrected chi connectivity index (χ2v) is 5.18. The maximum absolute atomic E-state index is 11.2. The van der Waals surface area contributed by atoms with Crippen molar-refractivity contribution in [1.82, 2.24) is 5.32 Å². The molecule has 1 rings (SSSR count). The summed E-state index contributed by atoms with van der Waals surface area (Å²) in [5, 5.41) is 13.0. The predicted molar refractivity (Wildman–Crippen MR) is 78.5 cm³/mol. The lowest BCUT2D eigenvalue weighted by molar-refractivity contribution is -0.139. The van der Waals surface area contributed by atoms with Crippen LogP contribution in [0, 0.1) is 0 Å². The number of rotatable bonds is 9. The summed E-state index contributed by atoms with van der Waals surface area (Å²) < 4.78 is 0. The van der Waals surface area contributed by atoms with Crippen LogP contribution in [0.1, 0.15) is 44.6 Å². The zero-order chi connectivity index (χ0) is 14.1. The Bertz CT molecular complexity index is 378. The molecule has 0 radical (unpaired) electrons. The highest BCUT2D eigenvalue weighted by Crippen LogP contribution is 2.10. The lowest BCUT2D eigenvalue weighted by atomic mass is 10.1. The van der Waals surface area contributed by atoms with Gasteiger partial charge in [0.05, 0.1) is 0 Å². The lowest BCUT2D eigenvalue weighted by Gasteiger charge is -2.14. The van der Waals surface area contributed by atoms with Gasteiger partial charge in [-0.15, -0.1) is 0 Å². The maximum Gasteiger partial charge on any atom is 0.320 e. The van der Waals surface area contributed by atoms with Gasteiger partial charge in [-0.25, -0.2) is 0 Å². The SMILES string of the molecule is CCCCCCC(NCc1ccc(Cl)cc1)C(=O)O. The van der Waals surface area contributed by atoms with Crippen molar-refractivity contribution in [2.75, 3.05) is 0 Å². The Morgan fingerprint density at radius 1 is 1.26 bits per heavy atom. The number of benzene rings is 1. The number of carbonyl (C=O) groups is 1. The zero-order valence-electron chi connectivity index (χ0n) is 11.4. The topological polar surface area (TPSA) is 49.3 Å². The van der Waals surface area contributed by atoms with E-state index in [2.05, 4.69) is 12.2 Å². The molecule has 0 fully saturated rings. The van der Waals surface area contributed by atoms with Crippen molar-refractivity contribution in [2.24, 2.45) is 0 Å². The van der Waals surface area contributed by atoms with Crippen LogP contribution >= 0.6 is 11.6 Å². The van der Waals surface area contributed by atoms with Crippen LogP contribution in [0.15, 0.2) is 24.3 Å². The average Bonchev–Trinajstić information content (AvgIpc) is 2.39. The fourth-order valence-corrected chi connectivity index (χ4v) is 2.06. The van der Waals surface area contributed by atoms with Gasteiger partial charge in [0.15, 0.2) is 0 Å². The largest absolute Gasteiger partial charge is 0.480 e. The summed E-state index contributed by atoms with van der Waals surface area (Å²) in [6.45, 7) is 2.70. The Morgan fingerprint density at radius 3 is 2.53 bits per heavy atom. The molecule has 0 saturated heterocycles. The van der Waals surface area contributed by atoms with Gasteiger partial charge in [-0.2, -0.15) is 0 Å². The highest BCUT2D eigenvalue weighted by molar-refractivity contribution is 6.30. The second-order valence-electron chi connectivity index (χ2n) is 4.75. The van der Waals surface area contributed by atoms with Crippen molar-refractivity contribution in [3.8, 4) is 0 Å². The van der Waals surface area contributed by atoms with E-state index in [0.717, 1.165) is 24.8 Å². The molecule has 19 heavy (non-hydrogen) atoms. The zero-order valence-corrected chi connectivity index (χ0v) is 12.1. The molecule has 106 valence electrons. The quantitative estimate of drug-likeness (QED) is 0.677. The summed E-state index contributed by atoms with van der Waals surface area (Å²) in [7, 11) is 0. The van der Waals surface area contributed by atoms with E-state index in [-0.39, 0.29) is 0 Å². The van der Waals surface area contributed by atoms with Crippen LogP contribution in [0.5, 0.6) is 0 Å². The van der Waals surface area contributed by atoms with Gasteiger partial charge in [0.25, 0.3) is 0 Å². The molecule has 1 aromatic rings. The van der Waals surface area contributed by atoms with E-state index < -0.39 is 12.0 Å². The number of unbranched alkanes of at least 4 members (excludes halogenated alkanes) is 3. The third-order valence-electron chi connectivity index (χ3n) is 3.11. The first-order chi connectivity index (χ1) is 9.13. The van der Waals surface area contributed by atoms with Crippen molar-refractivity contribution >= 4 is 17.6 Å². The number of hydrogen-bond donors (Lipinski definition) is 2. The van der Waals surface area contributed by atoms with Crippen molar-refractivity contribution < 1.29 is 9.90 Å². The Hall–Kier alpha value is -1.06. The molecular formula is C15H22ClNO2. The van der Waals surface area contributed by atoms with Crippen molar-refractivity contribution in [2.45, 2.75) is 51.6 Å². The van der Waals surface area contributed by atoms with Gasteiger partial charge in [-0.3, -0.25) is 4.79 Å². The number of aliphatic carboxylic acids is 1. The molecule has 1 aromatic carbocycles. The summed E-state index contributed by atoms with van der Waals surface area (Å²) in [4.78, 5) is 11.2. The third-order valence-corrected chi connectivity index (χ3v) is 3.36. The van der Waals surface area contributed by atoms with Gasteiger partial charge in [0.1, 0.15) is 6.04 Å². The summed E-state index contributed by atoms with van der Waals surface area (Å²) in [6.07, 6.45) is 5.07. The fraction of sp³-hybridized carbons (Fsp3) is 0.533. The smallest absolute Gasteiger partial charge is 0.320 e. The van der Waals surface area contributed by atoms with E-state index in [1.807, 2.05) is 24.3 Å². The van der Waals surface area contributed by atoms with Gasteiger partial charge in [-0.1, -0.05) is 56.3 Å². The Kier molecular flexibility index (Phi) is 7.53. The van der Waals surface area contributed by atoms with Gasteiger partial charge < -0.3 is 10.4 Å². The van der Waals surface area contributed by atoms with E-state index in [9.17, 15) is 4.79 Å². The molecule has 1 unspecified atom stereocenters. The Labute approximate surface area is 120 Å². The number of carboxylic acids is 1. The molecule has 0 heterocycles. The van der Waals surface area contributed by atoms with Crippen LogP contribution in [-0.2, 0) is 11.3 Å². The van der Waals surface area contributed by atoms with Crippen molar-refractivity contribution in [1.29, 1.82) is 0 Å². The van der Waals surface area contributed by atoms with Gasteiger partial charge in [0.2, 0.25) is 0 Å². The second kappa shape index (κ2) is 8.94. The number of hydrogen-bond acceptors (Lipinski definition) is 2. The minimum atomic E-state index is -0.773. The average molecular weight is 284 g/mol. The minimum Gasteiger partial charge on any atom is -0.480 e. The van der Waals surface area contributed by atoms with Crippen LogP contribution in [0.3, 0.4) is 0 Å². The molecule has 0 aromatic heterocycles. The van der Waals surface area contributed by atoms with Crippen molar-refractivity contribution in [3.63, 3.8) is 0 Å². The molecule has 0 bridgehead atoms. The predicted octanol–water partition coefficient (Wildman–Crippen LogP) is 3.85. The molecule has 1 atom stereocenters. The monoisotopic (exact) mass is 283 g/mol.